The van der Waals surface area contributed by atoms with Crippen LogP contribution in [-0.2, 0) is 0 Å². The minimum Gasteiger partial charge on any atom is -0.497 e. The van der Waals surface area contributed by atoms with Crippen LogP contribution in [0.15, 0.2) is 72.8 Å². The van der Waals surface area contributed by atoms with Crippen molar-refractivity contribution in [1.82, 2.24) is 0 Å². The van der Waals surface area contributed by atoms with E-state index in [4.69, 9.17) is 4.74 Å². The van der Waals surface area contributed by atoms with Crippen molar-refractivity contribution in [3.8, 4) is 5.75 Å². The Hall–Kier alpha value is -2.94. The second-order valence-electron chi connectivity index (χ2n) is 6.28. The number of hydrogen-bond acceptors (Lipinski definition) is 3. The molecule has 128 valence electrons. The molecule has 0 bridgehead atoms. The van der Waals surface area contributed by atoms with Crippen molar-refractivity contribution < 1.29 is 4.74 Å². The van der Waals surface area contributed by atoms with Gasteiger partial charge in [0.2, 0.25) is 0 Å². The summed E-state index contributed by atoms with van der Waals surface area (Å²) in [5, 5.41) is 0. The van der Waals surface area contributed by atoms with E-state index in [-0.39, 0.29) is 0 Å². The number of methoxy groups -OCH3 is 1. The number of benzene rings is 3. The molecule has 0 radical (unpaired) electrons. The Morgan fingerprint density at radius 1 is 0.680 bits per heavy atom. The molecule has 3 aromatic rings. The molecule has 0 aliphatic heterocycles. The first-order valence-electron chi connectivity index (χ1n) is 8.37. The SMILES string of the molecule is COc1ccc(N(c2ccc(N(C)C)cc2)c2cccc(C)c2)cc1. The molecule has 3 heteroatoms. The van der Waals surface area contributed by atoms with Gasteiger partial charge in [0.1, 0.15) is 5.75 Å². The highest BCUT2D eigenvalue weighted by Crippen LogP contribution is 2.36. The molecule has 0 heterocycles. The molecule has 0 amide bonds. The van der Waals surface area contributed by atoms with E-state index < -0.39 is 0 Å². The third-order valence-electron chi connectivity index (χ3n) is 4.21. The topological polar surface area (TPSA) is 15.7 Å². The number of ether oxygens (including phenoxy) is 1. The van der Waals surface area contributed by atoms with E-state index >= 15 is 0 Å². The number of anilines is 4. The lowest BCUT2D eigenvalue weighted by Gasteiger charge is -2.26. The molecular formula is C22H24N2O. The smallest absolute Gasteiger partial charge is 0.119 e. The van der Waals surface area contributed by atoms with Gasteiger partial charge in [0.15, 0.2) is 0 Å². The first-order chi connectivity index (χ1) is 12.1. The first kappa shape index (κ1) is 16.9. The van der Waals surface area contributed by atoms with Crippen LogP contribution in [0, 0.1) is 6.92 Å². The maximum atomic E-state index is 5.30. The van der Waals surface area contributed by atoms with Crippen molar-refractivity contribution in [2.75, 3.05) is 31.0 Å². The normalized spacial score (nSPS) is 10.4. The van der Waals surface area contributed by atoms with E-state index in [1.54, 1.807) is 7.11 Å². The zero-order valence-corrected chi connectivity index (χ0v) is 15.2. The van der Waals surface area contributed by atoms with Crippen LogP contribution in [0.2, 0.25) is 0 Å². The Kier molecular flexibility index (Phi) is 4.94. The molecule has 3 aromatic carbocycles. The molecule has 0 saturated heterocycles. The lowest BCUT2D eigenvalue weighted by Crippen LogP contribution is -2.11. The van der Waals surface area contributed by atoms with Crippen LogP contribution in [0.3, 0.4) is 0 Å². The van der Waals surface area contributed by atoms with Gasteiger partial charge in [-0.3, -0.25) is 0 Å². The summed E-state index contributed by atoms with van der Waals surface area (Å²) < 4.78 is 5.30. The molecule has 0 fully saturated rings. The number of rotatable bonds is 5. The fraction of sp³-hybridized carbons (Fsp3) is 0.182. The maximum absolute atomic E-state index is 5.30. The monoisotopic (exact) mass is 332 g/mol. The van der Waals surface area contributed by atoms with E-state index in [1.165, 1.54) is 11.3 Å². The van der Waals surface area contributed by atoms with Crippen LogP contribution in [0.25, 0.3) is 0 Å². The van der Waals surface area contributed by atoms with Gasteiger partial charge in [0, 0.05) is 36.8 Å². The highest BCUT2D eigenvalue weighted by molar-refractivity contribution is 5.77. The van der Waals surface area contributed by atoms with E-state index in [0.717, 1.165) is 22.8 Å². The lowest BCUT2D eigenvalue weighted by molar-refractivity contribution is 0.415. The van der Waals surface area contributed by atoms with Crippen LogP contribution in [0.1, 0.15) is 5.56 Å². The van der Waals surface area contributed by atoms with Gasteiger partial charge < -0.3 is 14.5 Å². The summed E-state index contributed by atoms with van der Waals surface area (Å²) in [5.41, 5.74) is 5.79. The molecule has 3 rings (SSSR count). The Bertz CT molecular complexity index is 823. The zero-order valence-electron chi connectivity index (χ0n) is 15.2. The fourth-order valence-electron chi connectivity index (χ4n) is 2.85. The summed E-state index contributed by atoms with van der Waals surface area (Å²) in [5.74, 6) is 0.857. The third-order valence-corrected chi connectivity index (χ3v) is 4.21. The van der Waals surface area contributed by atoms with Crippen molar-refractivity contribution in [3.05, 3.63) is 78.4 Å². The molecule has 0 N–H and O–H groups in total. The summed E-state index contributed by atoms with van der Waals surface area (Å²) in [6.45, 7) is 2.12. The highest BCUT2D eigenvalue weighted by Gasteiger charge is 2.13. The number of hydrogen-bond donors (Lipinski definition) is 0. The van der Waals surface area contributed by atoms with Crippen molar-refractivity contribution in [2.24, 2.45) is 0 Å². The van der Waals surface area contributed by atoms with Gasteiger partial charge in [-0.05, 0) is 73.2 Å². The molecule has 0 saturated carbocycles. The zero-order chi connectivity index (χ0) is 17.8. The quantitative estimate of drug-likeness (QED) is 0.610. The second kappa shape index (κ2) is 7.31. The van der Waals surface area contributed by atoms with Gasteiger partial charge in [-0.15, -0.1) is 0 Å². The number of aryl methyl sites for hydroxylation is 1. The van der Waals surface area contributed by atoms with Crippen LogP contribution in [0.4, 0.5) is 22.7 Å². The second-order valence-corrected chi connectivity index (χ2v) is 6.28. The molecule has 0 aliphatic carbocycles. The predicted octanol–water partition coefficient (Wildman–Crippen LogP) is 5.54. The van der Waals surface area contributed by atoms with Gasteiger partial charge in [0.25, 0.3) is 0 Å². The van der Waals surface area contributed by atoms with Gasteiger partial charge in [-0.2, -0.15) is 0 Å². The van der Waals surface area contributed by atoms with E-state index in [2.05, 4.69) is 91.5 Å². The molecule has 0 aliphatic rings. The third kappa shape index (κ3) is 3.77. The Morgan fingerprint density at radius 2 is 1.24 bits per heavy atom. The molecular weight excluding hydrogens is 308 g/mol. The average molecular weight is 332 g/mol. The van der Waals surface area contributed by atoms with Crippen LogP contribution in [-0.4, -0.2) is 21.2 Å². The van der Waals surface area contributed by atoms with Gasteiger partial charge in [0.05, 0.1) is 7.11 Å². The van der Waals surface area contributed by atoms with Crippen LogP contribution >= 0.6 is 0 Å². The van der Waals surface area contributed by atoms with Crippen molar-refractivity contribution in [1.29, 1.82) is 0 Å². The van der Waals surface area contributed by atoms with Gasteiger partial charge >= 0.3 is 0 Å². The summed E-state index contributed by atoms with van der Waals surface area (Å²) in [6, 6.07) is 25.3. The van der Waals surface area contributed by atoms with E-state index in [1.807, 2.05) is 12.1 Å². The molecule has 0 atom stereocenters. The van der Waals surface area contributed by atoms with Crippen molar-refractivity contribution in [2.45, 2.75) is 6.92 Å². The predicted molar refractivity (Wildman–Crippen MR) is 107 cm³/mol. The van der Waals surface area contributed by atoms with Crippen molar-refractivity contribution in [3.63, 3.8) is 0 Å². The van der Waals surface area contributed by atoms with Gasteiger partial charge in [-0.1, -0.05) is 12.1 Å². The standard InChI is InChI=1S/C22H24N2O/c1-17-6-5-7-21(16-17)24(20-12-14-22(25-4)15-13-20)19-10-8-18(9-11-19)23(2)3/h5-16H,1-4H3. The molecule has 0 spiro atoms. The molecule has 25 heavy (non-hydrogen) atoms. The minimum absolute atomic E-state index is 0.857. The van der Waals surface area contributed by atoms with Crippen LogP contribution in [0.5, 0.6) is 5.75 Å². The Morgan fingerprint density at radius 3 is 1.76 bits per heavy atom. The minimum atomic E-state index is 0.857. The largest absolute Gasteiger partial charge is 0.497 e. The lowest BCUT2D eigenvalue weighted by atomic mass is 10.1. The maximum Gasteiger partial charge on any atom is 0.119 e. The summed E-state index contributed by atoms with van der Waals surface area (Å²) >= 11 is 0. The summed E-state index contributed by atoms with van der Waals surface area (Å²) in [7, 11) is 5.79. The van der Waals surface area contributed by atoms with E-state index in [0.29, 0.717) is 0 Å². The average Bonchev–Trinajstić information content (AvgIpc) is 2.63. The first-order valence-corrected chi connectivity index (χ1v) is 8.37. The van der Waals surface area contributed by atoms with Crippen LogP contribution < -0.4 is 14.5 Å². The summed E-state index contributed by atoms with van der Waals surface area (Å²) in [4.78, 5) is 4.36. The number of nitrogens with zero attached hydrogens (tertiary/aromatic N) is 2. The molecule has 3 nitrogen and oxygen atoms in total. The Balaban J connectivity index is 2.07. The molecule has 0 unspecified atom stereocenters. The molecule has 0 aromatic heterocycles. The van der Waals surface area contributed by atoms with E-state index in [9.17, 15) is 0 Å². The highest BCUT2D eigenvalue weighted by atomic mass is 16.5. The fourth-order valence-corrected chi connectivity index (χ4v) is 2.85. The summed E-state index contributed by atoms with van der Waals surface area (Å²) in [6.07, 6.45) is 0. The Labute approximate surface area is 150 Å². The van der Waals surface area contributed by atoms with Crippen molar-refractivity contribution >= 4 is 22.7 Å². The van der Waals surface area contributed by atoms with Gasteiger partial charge in [-0.25, -0.2) is 0 Å².